The van der Waals surface area contributed by atoms with Crippen molar-refractivity contribution < 1.29 is 9.90 Å². The summed E-state index contributed by atoms with van der Waals surface area (Å²) in [6.07, 6.45) is 3.01. The molecule has 1 amide bonds. The summed E-state index contributed by atoms with van der Waals surface area (Å²) in [5.74, 6) is 0.468. The molecular formula is C16H23NO2. The van der Waals surface area contributed by atoms with E-state index in [1.807, 2.05) is 24.3 Å². The number of benzene rings is 1. The maximum absolute atomic E-state index is 12.0. The highest BCUT2D eigenvalue weighted by molar-refractivity contribution is 5.94. The van der Waals surface area contributed by atoms with Crippen LogP contribution >= 0.6 is 0 Å². The summed E-state index contributed by atoms with van der Waals surface area (Å²) >= 11 is 0. The Balaban J connectivity index is 1.89. The Kier molecular flexibility index (Phi) is 4.25. The third kappa shape index (κ3) is 3.57. The first kappa shape index (κ1) is 14.1. The zero-order chi connectivity index (χ0) is 13.9. The first-order valence-corrected chi connectivity index (χ1v) is 7.05. The third-order valence-corrected chi connectivity index (χ3v) is 4.06. The second-order valence-electron chi connectivity index (χ2n) is 5.93. The van der Waals surface area contributed by atoms with Gasteiger partial charge in [0, 0.05) is 18.7 Å². The van der Waals surface area contributed by atoms with Crippen LogP contribution in [0.15, 0.2) is 24.3 Å². The van der Waals surface area contributed by atoms with Gasteiger partial charge in [-0.15, -0.1) is 0 Å². The van der Waals surface area contributed by atoms with Gasteiger partial charge in [0.05, 0.1) is 0 Å². The number of rotatable bonds is 6. The monoisotopic (exact) mass is 261 g/mol. The van der Waals surface area contributed by atoms with Crippen LogP contribution in [-0.4, -0.2) is 24.2 Å². The number of carbonyl (C=O) groups is 1. The molecule has 3 heteroatoms. The van der Waals surface area contributed by atoms with E-state index in [4.69, 9.17) is 5.11 Å². The van der Waals surface area contributed by atoms with Crippen LogP contribution in [0.1, 0.15) is 54.9 Å². The summed E-state index contributed by atoms with van der Waals surface area (Å²) in [5, 5.41) is 12.0. The van der Waals surface area contributed by atoms with Crippen molar-refractivity contribution in [3.05, 3.63) is 35.4 Å². The zero-order valence-corrected chi connectivity index (χ0v) is 11.8. The molecule has 1 aromatic rings. The highest BCUT2D eigenvalue weighted by Gasteiger charge is 2.41. The molecule has 1 aromatic carbocycles. The molecule has 104 valence electrons. The molecule has 0 aliphatic heterocycles. The lowest BCUT2D eigenvalue weighted by atomic mass is 10.0. The van der Waals surface area contributed by atoms with E-state index in [0.29, 0.717) is 18.0 Å². The second kappa shape index (κ2) is 5.74. The van der Waals surface area contributed by atoms with Crippen molar-refractivity contribution in [2.75, 3.05) is 13.2 Å². The number of amides is 1. The Labute approximate surface area is 115 Å². The minimum Gasteiger partial charge on any atom is -0.396 e. The number of hydrogen-bond acceptors (Lipinski definition) is 2. The summed E-state index contributed by atoms with van der Waals surface area (Å²) in [7, 11) is 0. The van der Waals surface area contributed by atoms with E-state index in [0.717, 1.165) is 19.3 Å². The molecule has 2 rings (SSSR count). The molecule has 0 bridgehead atoms. The van der Waals surface area contributed by atoms with Crippen molar-refractivity contribution in [2.45, 2.75) is 39.0 Å². The van der Waals surface area contributed by atoms with Crippen molar-refractivity contribution in [1.29, 1.82) is 0 Å². The molecule has 0 atom stereocenters. The first-order valence-electron chi connectivity index (χ1n) is 7.05. The number of aliphatic hydroxyl groups excluding tert-OH is 1. The Morgan fingerprint density at radius 3 is 2.42 bits per heavy atom. The van der Waals surface area contributed by atoms with E-state index >= 15 is 0 Å². The maximum atomic E-state index is 12.0. The van der Waals surface area contributed by atoms with E-state index in [9.17, 15) is 4.79 Å². The molecular weight excluding hydrogens is 238 g/mol. The van der Waals surface area contributed by atoms with Crippen molar-refractivity contribution in [3.8, 4) is 0 Å². The summed E-state index contributed by atoms with van der Waals surface area (Å²) in [4.78, 5) is 12.0. The van der Waals surface area contributed by atoms with Crippen LogP contribution in [0.25, 0.3) is 0 Å². The van der Waals surface area contributed by atoms with Gasteiger partial charge >= 0.3 is 0 Å². The van der Waals surface area contributed by atoms with Crippen LogP contribution in [0, 0.1) is 5.41 Å². The van der Waals surface area contributed by atoms with Crippen molar-refractivity contribution in [2.24, 2.45) is 5.41 Å². The normalized spacial score (nSPS) is 16.4. The molecule has 2 N–H and O–H groups in total. The highest BCUT2D eigenvalue weighted by atomic mass is 16.3. The van der Waals surface area contributed by atoms with Gasteiger partial charge < -0.3 is 10.4 Å². The molecule has 0 heterocycles. The van der Waals surface area contributed by atoms with Crippen molar-refractivity contribution >= 4 is 5.91 Å². The molecule has 0 saturated heterocycles. The summed E-state index contributed by atoms with van der Waals surface area (Å²) < 4.78 is 0. The molecule has 0 radical (unpaired) electrons. The fourth-order valence-corrected chi connectivity index (χ4v) is 2.32. The molecule has 3 nitrogen and oxygen atoms in total. The summed E-state index contributed by atoms with van der Waals surface area (Å²) in [6.45, 7) is 5.17. The lowest BCUT2D eigenvalue weighted by Gasteiger charge is -2.14. The van der Waals surface area contributed by atoms with Crippen LogP contribution in [0.3, 0.4) is 0 Å². The van der Waals surface area contributed by atoms with Gasteiger partial charge in [-0.1, -0.05) is 26.0 Å². The predicted octanol–water partition coefficient (Wildman–Crippen LogP) is 2.70. The fourth-order valence-electron chi connectivity index (χ4n) is 2.32. The van der Waals surface area contributed by atoms with Crippen molar-refractivity contribution in [1.82, 2.24) is 5.32 Å². The number of nitrogens with one attached hydrogen (secondary N) is 1. The third-order valence-electron chi connectivity index (χ3n) is 4.06. The molecule has 1 fully saturated rings. The van der Waals surface area contributed by atoms with Gasteiger partial charge in [-0.3, -0.25) is 4.79 Å². The molecule has 1 aliphatic carbocycles. The number of aliphatic hydroxyl groups is 1. The Morgan fingerprint density at radius 1 is 1.32 bits per heavy atom. The van der Waals surface area contributed by atoms with Gasteiger partial charge in [0.15, 0.2) is 0 Å². The van der Waals surface area contributed by atoms with Crippen LogP contribution in [0.5, 0.6) is 0 Å². The SMILES string of the molecule is CC(C)c1ccc(C(=O)NCC2(CCO)CC2)cc1. The Morgan fingerprint density at radius 2 is 1.95 bits per heavy atom. The smallest absolute Gasteiger partial charge is 0.251 e. The molecule has 0 unspecified atom stereocenters. The second-order valence-corrected chi connectivity index (χ2v) is 5.93. The van der Waals surface area contributed by atoms with Crippen LogP contribution < -0.4 is 5.32 Å². The summed E-state index contributed by atoms with van der Waals surface area (Å²) in [5.41, 5.74) is 2.13. The lowest BCUT2D eigenvalue weighted by molar-refractivity contribution is 0.0941. The van der Waals surface area contributed by atoms with E-state index in [1.54, 1.807) is 0 Å². The quantitative estimate of drug-likeness (QED) is 0.827. The van der Waals surface area contributed by atoms with Crippen molar-refractivity contribution in [3.63, 3.8) is 0 Å². The fraction of sp³-hybridized carbons (Fsp3) is 0.562. The highest BCUT2D eigenvalue weighted by Crippen LogP contribution is 2.47. The standard InChI is InChI=1S/C16H23NO2/c1-12(2)13-3-5-14(6-4-13)15(19)17-11-16(7-8-16)9-10-18/h3-6,12,18H,7-11H2,1-2H3,(H,17,19). The minimum atomic E-state index is -0.0143. The number of hydrogen-bond donors (Lipinski definition) is 2. The summed E-state index contributed by atoms with van der Waals surface area (Å²) in [6, 6.07) is 7.80. The molecule has 1 saturated carbocycles. The molecule has 1 aliphatic rings. The molecule has 19 heavy (non-hydrogen) atoms. The largest absolute Gasteiger partial charge is 0.396 e. The molecule has 0 aromatic heterocycles. The van der Waals surface area contributed by atoms with E-state index < -0.39 is 0 Å². The van der Waals surface area contributed by atoms with Crippen LogP contribution in [-0.2, 0) is 0 Å². The Bertz CT molecular complexity index is 433. The van der Waals surface area contributed by atoms with Crippen LogP contribution in [0.2, 0.25) is 0 Å². The van der Waals surface area contributed by atoms with Gasteiger partial charge in [0.1, 0.15) is 0 Å². The van der Waals surface area contributed by atoms with E-state index in [2.05, 4.69) is 19.2 Å². The van der Waals surface area contributed by atoms with E-state index in [-0.39, 0.29) is 17.9 Å². The van der Waals surface area contributed by atoms with Gasteiger partial charge in [0.25, 0.3) is 5.91 Å². The molecule has 0 spiro atoms. The maximum Gasteiger partial charge on any atom is 0.251 e. The zero-order valence-electron chi connectivity index (χ0n) is 11.8. The van der Waals surface area contributed by atoms with Crippen LogP contribution in [0.4, 0.5) is 0 Å². The minimum absolute atomic E-state index is 0.0143. The average Bonchev–Trinajstić information content (AvgIpc) is 3.17. The lowest BCUT2D eigenvalue weighted by Crippen LogP contribution is -2.30. The predicted molar refractivity (Wildman–Crippen MR) is 76.2 cm³/mol. The number of carbonyl (C=O) groups excluding carboxylic acids is 1. The Hall–Kier alpha value is -1.35. The van der Waals surface area contributed by atoms with E-state index in [1.165, 1.54) is 5.56 Å². The van der Waals surface area contributed by atoms with Gasteiger partial charge in [-0.05, 0) is 48.3 Å². The van der Waals surface area contributed by atoms with Gasteiger partial charge in [0.2, 0.25) is 0 Å². The average molecular weight is 261 g/mol. The first-order chi connectivity index (χ1) is 9.06. The van der Waals surface area contributed by atoms with Gasteiger partial charge in [-0.2, -0.15) is 0 Å². The van der Waals surface area contributed by atoms with Gasteiger partial charge in [-0.25, -0.2) is 0 Å². The topological polar surface area (TPSA) is 49.3 Å².